The van der Waals surface area contributed by atoms with E-state index in [4.69, 9.17) is 5.73 Å². The molecule has 0 unspecified atom stereocenters. The summed E-state index contributed by atoms with van der Waals surface area (Å²) in [6, 6.07) is 11.5. The van der Waals surface area contributed by atoms with Crippen molar-refractivity contribution in [3.63, 3.8) is 0 Å². The van der Waals surface area contributed by atoms with Gasteiger partial charge in [-0.15, -0.1) is 0 Å². The first-order valence-electron chi connectivity index (χ1n) is 7.68. The fourth-order valence-electron chi connectivity index (χ4n) is 2.82. The summed E-state index contributed by atoms with van der Waals surface area (Å²) < 4.78 is 0. The van der Waals surface area contributed by atoms with E-state index in [1.54, 1.807) is 42.5 Å². The van der Waals surface area contributed by atoms with Crippen LogP contribution in [0.3, 0.4) is 0 Å². The molecule has 0 aromatic heterocycles. The number of hydrogen-bond acceptors (Lipinski definition) is 4. The van der Waals surface area contributed by atoms with Crippen molar-refractivity contribution >= 4 is 23.3 Å². The van der Waals surface area contributed by atoms with E-state index in [1.807, 2.05) is 0 Å². The lowest BCUT2D eigenvalue weighted by Gasteiger charge is -2.20. The van der Waals surface area contributed by atoms with Crippen molar-refractivity contribution in [2.75, 3.05) is 18.4 Å². The Balaban J connectivity index is 1.83. The minimum Gasteiger partial charge on any atom is -0.384 e. The lowest BCUT2D eigenvalue weighted by molar-refractivity contribution is 0.0979. The summed E-state index contributed by atoms with van der Waals surface area (Å²) in [6.07, 6.45) is 0.644. The number of anilines is 1. The number of urea groups is 1. The zero-order chi connectivity index (χ0) is 17.1. The molecule has 0 saturated heterocycles. The van der Waals surface area contributed by atoms with E-state index < -0.39 is 6.03 Å². The van der Waals surface area contributed by atoms with Crippen molar-refractivity contribution in [3.05, 3.63) is 64.7 Å². The number of nitrogens with two attached hydrogens (primary N) is 1. The molecule has 0 saturated carbocycles. The molecule has 1 aliphatic carbocycles. The topological polar surface area (TPSA) is 101 Å². The van der Waals surface area contributed by atoms with Crippen LogP contribution in [-0.2, 0) is 0 Å². The fraction of sp³-hybridized carbons (Fsp3) is 0.167. The van der Waals surface area contributed by atoms with Crippen LogP contribution in [0.5, 0.6) is 0 Å². The number of ketones is 2. The average molecular weight is 323 g/mol. The third-order valence-corrected chi connectivity index (χ3v) is 3.92. The standard InChI is InChI=1S/C18H17N3O3/c19-18(24)21-10-4-9-20-14-8-3-7-13-15(14)17(23)12-6-2-1-5-11(12)16(13)22/h1-3,5-8,20H,4,9-10H2,(H3,19,21,24). The number of benzene rings is 2. The maximum absolute atomic E-state index is 12.8. The van der Waals surface area contributed by atoms with E-state index in [0.29, 0.717) is 47.5 Å². The van der Waals surface area contributed by atoms with Gasteiger partial charge in [0.2, 0.25) is 0 Å². The summed E-state index contributed by atoms with van der Waals surface area (Å²) in [7, 11) is 0. The molecule has 1 aliphatic rings. The van der Waals surface area contributed by atoms with Gasteiger partial charge in [0.05, 0.1) is 5.56 Å². The molecule has 2 amide bonds. The van der Waals surface area contributed by atoms with E-state index >= 15 is 0 Å². The molecule has 0 aliphatic heterocycles. The molecule has 122 valence electrons. The quantitative estimate of drug-likeness (QED) is 0.624. The maximum atomic E-state index is 12.8. The van der Waals surface area contributed by atoms with Gasteiger partial charge in [-0.2, -0.15) is 0 Å². The summed E-state index contributed by atoms with van der Waals surface area (Å²) in [4.78, 5) is 36.0. The molecular weight excluding hydrogens is 306 g/mol. The second-order valence-corrected chi connectivity index (χ2v) is 5.50. The Morgan fingerprint density at radius 1 is 0.875 bits per heavy atom. The molecule has 2 aromatic carbocycles. The number of nitrogens with one attached hydrogen (secondary N) is 2. The van der Waals surface area contributed by atoms with Gasteiger partial charge in [-0.05, 0) is 12.5 Å². The van der Waals surface area contributed by atoms with Crippen LogP contribution in [0.4, 0.5) is 10.5 Å². The van der Waals surface area contributed by atoms with Crippen LogP contribution >= 0.6 is 0 Å². The molecule has 4 N–H and O–H groups in total. The van der Waals surface area contributed by atoms with Crippen molar-refractivity contribution in [1.29, 1.82) is 0 Å². The molecule has 6 heteroatoms. The van der Waals surface area contributed by atoms with Gasteiger partial charge in [0.1, 0.15) is 0 Å². The minimum absolute atomic E-state index is 0.140. The number of fused-ring (bicyclic) bond motifs is 2. The van der Waals surface area contributed by atoms with Crippen LogP contribution in [0.2, 0.25) is 0 Å². The Labute approximate surface area is 139 Å². The molecule has 0 heterocycles. The van der Waals surface area contributed by atoms with E-state index in [-0.39, 0.29) is 11.6 Å². The highest BCUT2D eigenvalue weighted by Gasteiger charge is 2.31. The highest BCUT2D eigenvalue weighted by atomic mass is 16.2. The number of hydrogen-bond donors (Lipinski definition) is 3. The van der Waals surface area contributed by atoms with Crippen LogP contribution in [0, 0.1) is 0 Å². The zero-order valence-electron chi connectivity index (χ0n) is 13.0. The molecule has 3 rings (SSSR count). The van der Waals surface area contributed by atoms with Crippen molar-refractivity contribution < 1.29 is 14.4 Å². The molecule has 0 fully saturated rings. The van der Waals surface area contributed by atoms with E-state index in [2.05, 4.69) is 10.6 Å². The third-order valence-electron chi connectivity index (χ3n) is 3.92. The summed E-state index contributed by atoms with van der Waals surface area (Å²) in [5, 5.41) is 5.66. The van der Waals surface area contributed by atoms with Crippen molar-refractivity contribution in [2.45, 2.75) is 6.42 Å². The average Bonchev–Trinajstić information content (AvgIpc) is 2.59. The van der Waals surface area contributed by atoms with Crippen LogP contribution in [0.15, 0.2) is 42.5 Å². The predicted molar refractivity (Wildman–Crippen MR) is 90.4 cm³/mol. The molecule has 0 radical (unpaired) electrons. The van der Waals surface area contributed by atoms with E-state index in [1.165, 1.54) is 0 Å². The van der Waals surface area contributed by atoms with Gasteiger partial charge in [-0.3, -0.25) is 9.59 Å². The third kappa shape index (κ3) is 2.86. The molecule has 0 bridgehead atoms. The minimum atomic E-state index is -0.565. The van der Waals surface area contributed by atoms with E-state index in [9.17, 15) is 14.4 Å². The van der Waals surface area contributed by atoms with Crippen LogP contribution in [-0.4, -0.2) is 30.7 Å². The Morgan fingerprint density at radius 2 is 1.54 bits per heavy atom. The monoisotopic (exact) mass is 323 g/mol. The first kappa shape index (κ1) is 15.7. The zero-order valence-corrected chi connectivity index (χ0v) is 13.0. The van der Waals surface area contributed by atoms with Crippen molar-refractivity contribution in [1.82, 2.24) is 5.32 Å². The fourth-order valence-corrected chi connectivity index (χ4v) is 2.82. The molecule has 0 atom stereocenters. The Hall–Kier alpha value is -3.15. The van der Waals surface area contributed by atoms with Gasteiger partial charge < -0.3 is 16.4 Å². The smallest absolute Gasteiger partial charge is 0.312 e. The van der Waals surface area contributed by atoms with Crippen LogP contribution < -0.4 is 16.4 Å². The van der Waals surface area contributed by atoms with Crippen molar-refractivity contribution in [3.8, 4) is 0 Å². The molecule has 24 heavy (non-hydrogen) atoms. The lowest BCUT2D eigenvalue weighted by atomic mass is 9.83. The van der Waals surface area contributed by atoms with Gasteiger partial charge in [0.15, 0.2) is 11.6 Å². The Kier molecular flexibility index (Phi) is 4.29. The predicted octanol–water partition coefficient (Wildman–Crippen LogP) is 1.93. The number of amides is 2. The Bertz CT molecular complexity index is 830. The van der Waals surface area contributed by atoms with E-state index in [0.717, 1.165) is 0 Å². The second kappa shape index (κ2) is 6.54. The SMILES string of the molecule is NC(=O)NCCCNc1cccc2c1C(=O)c1ccccc1C2=O. The lowest BCUT2D eigenvalue weighted by Crippen LogP contribution is -2.31. The first-order valence-corrected chi connectivity index (χ1v) is 7.68. The summed E-state index contributed by atoms with van der Waals surface area (Å²) in [6.45, 7) is 0.979. The normalized spacial score (nSPS) is 12.3. The van der Waals surface area contributed by atoms with Crippen LogP contribution in [0.25, 0.3) is 0 Å². The number of primary amides is 1. The van der Waals surface area contributed by atoms with Crippen LogP contribution in [0.1, 0.15) is 38.3 Å². The number of carbonyl (C=O) groups is 3. The van der Waals surface area contributed by atoms with Crippen molar-refractivity contribution in [2.24, 2.45) is 5.73 Å². The molecule has 6 nitrogen and oxygen atoms in total. The van der Waals surface area contributed by atoms with Gasteiger partial charge in [0, 0.05) is 35.5 Å². The van der Waals surface area contributed by atoms with Gasteiger partial charge >= 0.3 is 6.03 Å². The molecular formula is C18H17N3O3. The summed E-state index contributed by atoms with van der Waals surface area (Å²) in [5.74, 6) is -0.294. The van der Waals surface area contributed by atoms with Gasteiger partial charge in [-0.1, -0.05) is 36.4 Å². The summed E-state index contributed by atoms with van der Waals surface area (Å²) >= 11 is 0. The van der Waals surface area contributed by atoms with Gasteiger partial charge in [0.25, 0.3) is 0 Å². The highest BCUT2D eigenvalue weighted by Crippen LogP contribution is 2.31. The Morgan fingerprint density at radius 3 is 2.25 bits per heavy atom. The maximum Gasteiger partial charge on any atom is 0.312 e. The van der Waals surface area contributed by atoms with Gasteiger partial charge in [-0.25, -0.2) is 4.79 Å². The number of rotatable bonds is 5. The molecule has 2 aromatic rings. The second-order valence-electron chi connectivity index (χ2n) is 5.50. The highest BCUT2D eigenvalue weighted by molar-refractivity contribution is 6.30. The summed E-state index contributed by atoms with van der Waals surface area (Å²) in [5.41, 5.74) is 7.32. The largest absolute Gasteiger partial charge is 0.384 e. The first-order chi connectivity index (χ1) is 11.6. The number of carbonyl (C=O) groups excluding carboxylic acids is 3. The molecule has 0 spiro atoms.